The summed E-state index contributed by atoms with van der Waals surface area (Å²) in [7, 11) is 0. The van der Waals surface area contributed by atoms with Crippen LogP contribution in [0, 0.1) is 4.64 Å². The number of hydrogen-bond acceptors (Lipinski definition) is 38. The molecule has 4 rings (SSSR count). The first kappa shape index (κ1) is 91.5. The molecule has 0 aromatic carbocycles. The van der Waals surface area contributed by atoms with Gasteiger partial charge < -0.3 is 101 Å². The van der Waals surface area contributed by atoms with Crippen LogP contribution in [0.25, 0.3) is 0 Å². The summed E-state index contributed by atoms with van der Waals surface area (Å²) in [6, 6.07) is 1.65. The minimum Gasteiger partial charge on any atom is -0.476 e. The maximum absolute atomic E-state index is 14.0. The number of amides is 2. The Morgan fingerprint density at radius 3 is 1.19 bits per heavy atom. The van der Waals surface area contributed by atoms with E-state index in [9.17, 15) is 96.2 Å². The van der Waals surface area contributed by atoms with Crippen molar-refractivity contribution in [2.45, 2.75) is 240 Å². The molecule has 3 saturated heterocycles. The number of esters is 15. The van der Waals surface area contributed by atoms with Crippen molar-refractivity contribution in [2.75, 3.05) is 19.8 Å². The number of nitrogens with one attached hydrogen (secondary N) is 2. The molecule has 0 bridgehead atoms. The molecule has 3 N–H and O–H groups in total. The Morgan fingerprint density at radius 2 is 0.830 bits per heavy atom. The second kappa shape index (κ2) is 42.4. The molecule has 106 heavy (non-hydrogen) atoms. The minimum atomic E-state index is -2.77. The molecule has 3 aliphatic heterocycles. The zero-order valence-electron chi connectivity index (χ0n) is 60.6. The number of rotatable bonds is 27. The van der Waals surface area contributed by atoms with Crippen LogP contribution >= 0.6 is 12.2 Å². The number of carboxylic acids is 1. The fourth-order valence-corrected chi connectivity index (χ4v) is 10.9. The van der Waals surface area contributed by atoms with Crippen LogP contribution in [-0.4, -0.2) is 246 Å². The minimum absolute atomic E-state index is 0.00798. The van der Waals surface area contributed by atoms with Gasteiger partial charge in [-0.2, -0.15) is 0 Å². The Labute approximate surface area is 609 Å². The number of aliphatic carboxylic acids is 1. The van der Waals surface area contributed by atoms with Crippen LogP contribution in [0.4, 0.5) is 0 Å². The first-order chi connectivity index (χ1) is 49.1. The Hall–Kier alpha value is -10.6. The van der Waals surface area contributed by atoms with E-state index >= 15 is 0 Å². The van der Waals surface area contributed by atoms with Crippen molar-refractivity contribution in [2.24, 2.45) is 0 Å². The summed E-state index contributed by atoms with van der Waals surface area (Å²) in [5.74, 6) is -22.1. The van der Waals surface area contributed by atoms with Crippen LogP contribution in [0.2, 0.25) is 0 Å². The molecule has 4 heterocycles. The van der Waals surface area contributed by atoms with Crippen molar-refractivity contribution in [1.29, 1.82) is 0 Å². The van der Waals surface area contributed by atoms with E-state index < -0.39 is 249 Å². The molecular formula is C64H85N3O38S. The molecule has 1 aromatic heterocycles. The number of carbonyl (C=O) groups is 19. The highest BCUT2D eigenvalue weighted by molar-refractivity contribution is 7.71. The maximum atomic E-state index is 14.0. The number of ether oxygens (including phenoxy) is 18. The first-order valence-corrected chi connectivity index (χ1v) is 32.1. The van der Waals surface area contributed by atoms with E-state index in [1.165, 1.54) is 18.3 Å². The zero-order valence-corrected chi connectivity index (χ0v) is 61.4. The van der Waals surface area contributed by atoms with E-state index in [2.05, 4.69) is 10.6 Å². The van der Waals surface area contributed by atoms with Gasteiger partial charge in [0.25, 0.3) is 5.79 Å². The molecule has 0 saturated carbocycles. The smallest absolute Gasteiger partial charge is 0.377 e. The second-order valence-electron chi connectivity index (χ2n) is 23.1. The summed E-state index contributed by atoms with van der Waals surface area (Å²) >= 11 is 5.25. The molecular weight excluding hydrogens is 1450 g/mol. The van der Waals surface area contributed by atoms with Crippen molar-refractivity contribution in [3.8, 4) is 0 Å². The van der Waals surface area contributed by atoms with Crippen molar-refractivity contribution in [3.05, 3.63) is 29.0 Å². The number of aromatic nitrogens is 1. The van der Waals surface area contributed by atoms with Crippen molar-refractivity contribution in [1.82, 2.24) is 15.2 Å². The summed E-state index contributed by atoms with van der Waals surface area (Å²) in [4.78, 5) is 227. The van der Waals surface area contributed by atoms with Crippen LogP contribution in [0.5, 0.6) is 0 Å². The topological polar surface area (TPSA) is 540 Å². The van der Waals surface area contributed by atoms with Gasteiger partial charge in [0.05, 0.1) is 31.3 Å². The van der Waals surface area contributed by atoms with Gasteiger partial charge in [-0.15, -0.1) is 0 Å². The van der Waals surface area contributed by atoms with Gasteiger partial charge in [0.15, 0.2) is 36.6 Å². The lowest BCUT2D eigenvalue weighted by Crippen LogP contribution is -2.69. The lowest BCUT2D eigenvalue weighted by molar-refractivity contribution is -0.303. The third-order valence-corrected chi connectivity index (χ3v) is 14.1. The number of carboxylic acid groups (broad SMARTS) is 1. The molecule has 3 fully saturated rings. The number of carbonyl (C=O) groups excluding carboxylic acids is 18. The van der Waals surface area contributed by atoms with Gasteiger partial charge in [-0.1, -0.05) is 18.3 Å². The molecule has 0 spiro atoms. The fraction of sp³-hybridized carbons (Fsp3) is 0.625. The SMILES string of the molecule is CC(=O)NC1C(OC(C)=O)CC(OC(C)=O)(C(=O)O)OC1C(OC(C)=O)C(COC(C)=O)OC(C)=O.CC(=O)NC1C(OC(C)=O)C[C@@](OC(C)=O)(C(=O)n2ccccc2=S)OC1C(OC(C)=O)C(COC(C)=O)OC(C)=O.CC(=O)OCC(OC(C)=O)C1O[C@H](OC(C)=O)CC(OC(C)=O)C1OC(C)=O. The van der Waals surface area contributed by atoms with Crippen LogP contribution < -0.4 is 10.6 Å². The number of nitrogens with zero attached hydrogens (tertiary/aromatic N) is 1. The van der Waals surface area contributed by atoms with E-state index in [4.69, 9.17) is 97.5 Å². The predicted octanol–water partition coefficient (Wildman–Crippen LogP) is -0.226. The molecule has 41 nitrogen and oxygen atoms in total. The van der Waals surface area contributed by atoms with Crippen LogP contribution in [0.15, 0.2) is 24.4 Å². The first-order valence-electron chi connectivity index (χ1n) is 31.7. The maximum Gasteiger partial charge on any atom is 0.377 e. The number of hydrogen-bond donors (Lipinski definition) is 3. The van der Waals surface area contributed by atoms with Gasteiger partial charge in [-0.05, 0) is 12.1 Å². The van der Waals surface area contributed by atoms with E-state index in [-0.39, 0.29) is 11.1 Å². The molecule has 590 valence electrons. The highest BCUT2D eigenvalue weighted by Gasteiger charge is 2.62. The molecule has 15 unspecified atom stereocenters. The zero-order chi connectivity index (χ0) is 81.0. The summed E-state index contributed by atoms with van der Waals surface area (Å²) in [5, 5.41) is 14.9. The lowest BCUT2D eigenvalue weighted by atomic mass is 9.87. The highest BCUT2D eigenvalue weighted by atomic mass is 32.1. The molecule has 0 radical (unpaired) electrons. The Morgan fingerprint density at radius 1 is 0.453 bits per heavy atom. The summed E-state index contributed by atoms with van der Waals surface area (Å²) in [6.45, 7) is 16.3. The van der Waals surface area contributed by atoms with Gasteiger partial charge in [-0.25, -0.2) is 4.79 Å². The molecule has 2 amide bonds. The molecule has 3 aliphatic rings. The normalized spacial score (nSPS) is 24.1. The predicted molar refractivity (Wildman–Crippen MR) is 342 cm³/mol. The van der Waals surface area contributed by atoms with Crippen molar-refractivity contribution in [3.63, 3.8) is 0 Å². The Balaban J connectivity index is 0.000000551. The van der Waals surface area contributed by atoms with Gasteiger partial charge in [0.1, 0.15) is 61.1 Å². The van der Waals surface area contributed by atoms with Gasteiger partial charge in [0, 0.05) is 124 Å². The second-order valence-corrected chi connectivity index (χ2v) is 23.5. The largest absolute Gasteiger partial charge is 0.476 e. The van der Waals surface area contributed by atoms with Gasteiger partial charge in [0.2, 0.25) is 18.1 Å². The van der Waals surface area contributed by atoms with Crippen LogP contribution in [0.1, 0.15) is 142 Å². The monoisotopic (exact) mass is 1540 g/mol. The van der Waals surface area contributed by atoms with Crippen LogP contribution in [-0.2, 0) is 172 Å². The Kier molecular flexibility index (Phi) is 36.6. The van der Waals surface area contributed by atoms with Gasteiger partial charge >= 0.3 is 107 Å². The third kappa shape index (κ3) is 30.6. The third-order valence-electron chi connectivity index (χ3n) is 13.8. The molecule has 17 atom stereocenters. The standard InChI is InChI=1S/C26H32N2O13S.C21H29NO14.C17H24O11/c1-13(29)27-22-19(37-15(3)31)11-26(40-18(6)34,25(35)28-10-8-7-9-21(28)42)41-24(22)23(39-17(5)33)20(38-16(4)32)12-36-14(2)30;1-9(23)22-17-15(32-11(3)25)7-21(20(29)30,35-14(6)28)36-19(17)18(34-13(5)27)16(33-12(4)26)8-31-10(2)24;1-8(18)23-7-14(25-10(3)20)17-16(27-12(5)22)13(24-9(2)19)6-15(28-17)26-11(4)21/h7-10,19-20,22-24H,11-12H2,1-6H3,(H,27,29);15-19H,7-8H2,1-6H3,(H,22,23)(H,29,30);13-17H,6-7H2,1-5H3/t19?,20?,22?,23?,24?,26-;;13?,14?,15-,16?,17?/m0.0/s1. The summed E-state index contributed by atoms with van der Waals surface area (Å²) in [5.41, 5.74) is 0. The summed E-state index contributed by atoms with van der Waals surface area (Å²) in [6.07, 6.45) is -19.2. The van der Waals surface area contributed by atoms with Crippen molar-refractivity contribution >= 4 is 125 Å². The van der Waals surface area contributed by atoms with E-state index in [0.717, 1.165) is 122 Å². The van der Waals surface area contributed by atoms with Crippen LogP contribution in [0.3, 0.4) is 0 Å². The average molecular weight is 1540 g/mol. The average Bonchev–Trinajstić information content (AvgIpc) is 0.754. The van der Waals surface area contributed by atoms with Gasteiger partial charge in [-0.3, -0.25) is 90.9 Å². The number of pyridine rings is 1. The quantitative estimate of drug-likeness (QED) is 0.0582. The molecule has 1 aromatic rings. The summed E-state index contributed by atoms with van der Waals surface area (Å²) < 4.78 is 96.0. The van der Waals surface area contributed by atoms with E-state index in [1.54, 1.807) is 6.07 Å². The fourth-order valence-electron chi connectivity index (χ4n) is 10.6. The van der Waals surface area contributed by atoms with E-state index in [0.29, 0.717) is 0 Å². The highest BCUT2D eigenvalue weighted by Crippen LogP contribution is 2.40. The van der Waals surface area contributed by atoms with E-state index in [1.807, 2.05) is 0 Å². The molecule has 0 aliphatic carbocycles. The molecule has 42 heteroatoms. The van der Waals surface area contributed by atoms with Crippen molar-refractivity contribution < 1.29 is 181 Å². The lowest BCUT2D eigenvalue weighted by Gasteiger charge is -2.48. The Bertz CT molecular complexity index is 3500.